The van der Waals surface area contributed by atoms with Gasteiger partial charge in [0.15, 0.2) is 5.96 Å². The van der Waals surface area contributed by atoms with Crippen LogP contribution in [0.15, 0.2) is 4.99 Å². The summed E-state index contributed by atoms with van der Waals surface area (Å²) < 4.78 is 1.93. The summed E-state index contributed by atoms with van der Waals surface area (Å²) in [6.45, 7) is 10.8. The smallest absolute Gasteiger partial charge is 0.191 e. The summed E-state index contributed by atoms with van der Waals surface area (Å²) in [5.41, 5.74) is 3.54. The van der Waals surface area contributed by atoms with E-state index in [0.29, 0.717) is 0 Å². The van der Waals surface area contributed by atoms with E-state index < -0.39 is 0 Å². The number of guanidine groups is 1. The van der Waals surface area contributed by atoms with Crippen LogP contribution in [0, 0.1) is 13.8 Å². The fourth-order valence-corrected chi connectivity index (χ4v) is 3.60. The summed E-state index contributed by atoms with van der Waals surface area (Å²) in [5.74, 6) is 0.869. The summed E-state index contributed by atoms with van der Waals surface area (Å²) in [6, 6.07) is 0.766. The second-order valence-corrected chi connectivity index (χ2v) is 7.21. The van der Waals surface area contributed by atoms with Crippen LogP contribution in [0.4, 0.5) is 0 Å². The molecule has 0 radical (unpaired) electrons. The van der Waals surface area contributed by atoms with Crippen LogP contribution in [-0.4, -0.2) is 53.4 Å². The van der Waals surface area contributed by atoms with Crippen molar-refractivity contribution in [2.24, 2.45) is 12.0 Å². The third kappa shape index (κ3) is 5.73. The van der Waals surface area contributed by atoms with E-state index in [-0.39, 0.29) is 0 Å². The molecule has 1 saturated heterocycles. The van der Waals surface area contributed by atoms with Gasteiger partial charge in [0.1, 0.15) is 0 Å². The van der Waals surface area contributed by atoms with Crippen LogP contribution in [-0.2, 0) is 13.6 Å². The standard InChI is InChI=1S/C19H36N6/c1-15-10-6-8-12-25(15)13-9-7-11-21-19(20-4)22-14-18-16(2)23-24(5)17(18)3/h15H,6-14H2,1-5H3,(H2,20,21,22). The quantitative estimate of drug-likeness (QED) is 0.451. The molecule has 1 atom stereocenters. The molecule has 2 heterocycles. The fraction of sp³-hybridized carbons (Fsp3) is 0.789. The van der Waals surface area contributed by atoms with Gasteiger partial charge in [-0.15, -0.1) is 0 Å². The van der Waals surface area contributed by atoms with Crippen LogP contribution in [0.3, 0.4) is 0 Å². The molecule has 1 aromatic rings. The summed E-state index contributed by atoms with van der Waals surface area (Å²) in [6.07, 6.45) is 6.55. The van der Waals surface area contributed by atoms with Gasteiger partial charge >= 0.3 is 0 Å². The number of hydrogen-bond donors (Lipinski definition) is 2. The lowest BCUT2D eigenvalue weighted by atomic mass is 10.0. The molecule has 1 unspecified atom stereocenters. The normalized spacial score (nSPS) is 19.2. The number of unbranched alkanes of at least 4 members (excludes halogenated alkanes) is 1. The molecular weight excluding hydrogens is 312 g/mol. The average Bonchev–Trinajstić information content (AvgIpc) is 2.84. The Morgan fingerprint density at radius 1 is 1.24 bits per heavy atom. The topological polar surface area (TPSA) is 57.5 Å². The molecule has 0 aliphatic carbocycles. The Hall–Kier alpha value is -1.56. The molecule has 25 heavy (non-hydrogen) atoms. The summed E-state index contributed by atoms with van der Waals surface area (Å²) >= 11 is 0. The van der Waals surface area contributed by atoms with Gasteiger partial charge in [-0.1, -0.05) is 6.42 Å². The van der Waals surface area contributed by atoms with Crippen molar-refractivity contribution < 1.29 is 0 Å². The predicted molar refractivity (Wildman–Crippen MR) is 105 cm³/mol. The van der Waals surface area contributed by atoms with Crippen LogP contribution >= 0.6 is 0 Å². The van der Waals surface area contributed by atoms with Gasteiger partial charge in [-0.3, -0.25) is 9.67 Å². The molecular formula is C19H36N6. The molecule has 1 fully saturated rings. The second kappa shape index (κ2) is 9.80. The maximum absolute atomic E-state index is 4.46. The van der Waals surface area contributed by atoms with Gasteiger partial charge in [-0.2, -0.15) is 5.10 Å². The van der Waals surface area contributed by atoms with Crippen molar-refractivity contribution in [2.45, 2.75) is 65.5 Å². The summed E-state index contributed by atoms with van der Waals surface area (Å²) in [4.78, 5) is 6.97. The van der Waals surface area contributed by atoms with Gasteiger partial charge in [-0.05, 0) is 59.5 Å². The molecule has 1 aromatic heterocycles. The van der Waals surface area contributed by atoms with Crippen LogP contribution in [0.1, 0.15) is 56.0 Å². The van der Waals surface area contributed by atoms with Crippen molar-refractivity contribution in [2.75, 3.05) is 26.7 Å². The van der Waals surface area contributed by atoms with Crippen molar-refractivity contribution in [3.63, 3.8) is 0 Å². The van der Waals surface area contributed by atoms with Crippen LogP contribution in [0.2, 0.25) is 0 Å². The van der Waals surface area contributed by atoms with Crippen LogP contribution in [0.5, 0.6) is 0 Å². The van der Waals surface area contributed by atoms with Crippen molar-refractivity contribution in [3.8, 4) is 0 Å². The minimum absolute atomic E-state index is 0.760. The van der Waals surface area contributed by atoms with E-state index in [2.05, 4.69) is 46.4 Å². The average molecular weight is 349 g/mol. The highest BCUT2D eigenvalue weighted by Gasteiger charge is 2.17. The van der Waals surface area contributed by atoms with Gasteiger partial charge in [0.05, 0.1) is 5.69 Å². The number of hydrogen-bond acceptors (Lipinski definition) is 3. The number of nitrogens with zero attached hydrogens (tertiary/aromatic N) is 4. The maximum Gasteiger partial charge on any atom is 0.191 e. The lowest BCUT2D eigenvalue weighted by Crippen LogP contribution is -2.39. The summed E-state index contributed by atoms with van der Waals surface area (Å²) in [5, 5.41) is 11.3. The molecule has 0 saturated carbocycles. The minimum Gasteiger partial charge on any atom is -0.356 e. The Labute approximate surface area is 153 Å². The number of aliphatic imine (C=N–C) groups is 1. The highest BCUT2D eigenvalue weighted by atomic mass is 15.3. The number of nitrogens with one attached hydrogen (secondary N) is 2. The van der Waals surface area contributed by atoms with E-state index in [1.807, 2.05) is 18.8 Å². The SMILES string of the molecule is CN=C(NCCCCN1CCCCC1C)NCc1c(C)nn(C)c1C. The Morgan fingerprint density at radius 2 is 2.04 bits per heavy atom. The molecule has 6 nitrogen and oxygen atoms in total. The molecule has 1 aliphatic heterocycles. The molecule has 0 amide bonds. The van der Waals surface area contributed by atoms with E-state index in [1.165, 1.54) is 56.5 Å². The van der Waals surface area contributed by atoms with Gasteiger partial charge in [0, 0.05) is 44.5 Å². The van der Waals surface area contributed by atoms with Gasteiger partial charge in [0.2, 0.25) is 0 Å². The zero-order valence-corrected chi connectivity index (χ0v) is 16.7. The van der Waals surface area contributed by atoms with Crippen molar-refractivity contribution >= 4 is 5.96 Å². The fourth-order valence-electron chi connectivity index (χ4n) is 3.60. The Morgan fingerprint density at radius 3 is 2.68 bits per heavy atom. The van der Waals surface area contributed by atoms with E-state index in [0.717, 1.165) is 30.8 Å². The Bertz CT molecular complexity index is 563. The van der Waals surface area contributed by atoms with E-state index in [9.17, 15) is 0 Å². The number of aryl methyl sites for hydroxylation is 2. The molecule has 0 bridgehead atoms. The highest BCUT2D eigenvalue weighted by Crippen LogP contribution is 2.16. The minimum atomic E-state index is 0.760. The molecule has 142 valence electrons. The first-order valence-corrected chi connectivity index (χ1v) is 9.70. The zero-order chi connectivity index (χ0) is 18.2. The highest BCUT2D eigenvalue weighted by molar-refractivity contribution is 5.79. The number of rotatable bonds is 7. The third-order valence-electron chi connectivity index (χ3n) is 5.42. The van der Waals surface area contributed by atoms with Gasteiger partial charge in [0.25, 0.3) is 0 Å². The number of piperidine rings is 1. The molecule has 2 N–H and O–H groups in total. The second-order valence-electron chi connectivity index (χ2n) is 7.21. The van der Waals surface area contributed by atoms with E-state index in [4.69, 9.17) is 0 Å². The molecule has 1 aliphatic rings. The number of likely N-dealkylation sites (tertiary alicyclic amines) is 1. The van der Waals surface area contributed by atoms with Gasteiger partial charge < -0.3 is 15.5 Å². The molecule has 0 spiro atoms. The van der Waals surface area contributed by atoms with E-state index in [1.54, 1.807) is 0 Å². The number of aromatic nitrogens is 2. The van der Waals surface area contributed by atoms with Crippen LogP contribution < -0.4 is 10.6 Å². The van der Waals surface area contributed by atoms with Crippen molar-refractivity contribution in [3.05, 3.63) is 17.0 Å². The van der Waals surface area contributed by atoms with Crippen molar-refractivity contribution in [1.82, 2.24) is 25.3 Å². The Kier molecular flexibility index (Phi) is 7.75. The monoisotopic (exact) mass is 348 g/mol. The molecule has 0 aromatic carbocycles. The molecule has 2 rings (SSSR count). The lowest BCUT2D eigenvalue weighted by Gasteiger charge is -2.33. The van der Waals surface area contributed by atoms with Crippen molar-refractivity contribution in [1.29, 1.82) is 0 Å². The molecule has 6 heteroatoms. The predicted octanol–water partition coefficient (Wildman–Crippen LogP) is 2.36. The van der Waals surface area contributed by atoms with E-state index >= 15 is 0 Å². The maximum atomic E-state index is 4.46. The summed E-state index contributed by atoms with van der Waals surface area (Å²) in [7, 11) is 3.82. The van der Waals surface area contributed by atoms with Gasteiger partial charge in [-0.25, -0.2) is 0 Å². The first kappa shape index (κ1) is 19.8. The largest absolute Gasteiger partial charge is 0.356 e. The first-order valence-electron chi connectivity index (χ1n) is 9.70. The Balaban J connectivity index is 1.65. The first-order chi connectivity index (χ1) is 12.0. The lowest BCUT2D eigenvalue weighted by molar-refractivity contribution is 0.158. The van der Waals surface area contributed by atoms with Crippen LogP contribution in [0.25, 0.3) is 0 Å². The zero-order valence-electron chi connectivity index (χ0n) is 16.7. The third-order valence-corrected chi connectivity index (χ3v) is 5.42.